The Balaban J connectivity index is 1.52. The Morgan fingerprint density at radius 1 is 0.941 bits per heavy atom. The summed E-state index contributed by atoms with van der Waals surface area (Å²) in [5.41, 5.74) is 1.28. The first-order valence-corrected chi connectivity index (χ1v) is 13.1. The number of fused-ring (bicyclic) bond motifs is 1. The number of halogens is 2. The number of sulfonamides is 1. The van der Waals surface area contributed by atoms with Crippen LogP contribution in [0.5, 0.6) is 11.6 Å². The highest BCUT2D eigenvalue weighted by Crippen LogP contribution is 2.34. The summed E-state index contributed by atoms with van der Waals surface area (Å²) in [5.74, 6) is 0.243. The molecular weight excluding hydrogens is 479 g/mol. The van der Waals surface area contributed by atoms with E-state index in [1.807, 2.05) is 0 Å². The lowest BCUT2D eigenvalue weighted by atomic mass is 10.1. The highest BCUT2D eigenvalue weighted by Gasteiger charge is 2.32. The van der Waals surface area contributed by atoms with Crippen LogP contribution >= 0.6 is 11.6 Å². The van der Waals surface area contributed by atoms with Crippen LogP contribution < -0.4 is 9.64 Å². The van der Waals surface area contributed by atoms with Crippen molar-refractivity contribution in [3.05, 3.63) is 70.6 Å². The minimum absolute atomic E-state index is 0.0321. The van der Waals surface area contributed by atoms with Crippen LogP contribution in [0.2, 0.25) is 5.02 Å². The fraction of sp³-hybridized carbons (Fsp3) is 0.333. The Hall–Kier alpha value is -2.75. The predicted molar refractivity (Wildman–Crippen MR) is 127 cm³/mol. The largest absolute Gasteiger partial charge is 0.435 e. The molecule has 0 saturated carbocycles. The van der Waals surface area contributed by atoms with E-state index < -0.39 is 15.8 Å². The summed E-state index contributed by atoms with van der Waals surface area (Å²) in [6.45, 7) is 1.99. The molecule has 0 amide bonds. The van der Waals surface area contributed by atoms with Crippen LogP contribution in [0.4, 0.5) is 10.3 Å². The Bertz CT molecular complexity index is 1300. The third kappa shape index (κ3) is 4.60. The molecule has 3 aromatic rings. The summed E-state index contributed by atoms with van der Waals surface area (Å²) in [7, 11) is -3.77. The molecule has 0 bridgehead atoms. The van der Waals surface area contributed by atoms with E-state index in [1.165, 1.54) is 28.6 Å². The van der Waals surface area contributed by atoms with Gasteiger partial charge in [0.25, 0.3) is 0 Å². The van der Waals surface area contributed by atoms with Gasteiger partial charge in [-0.3, -0.25) is 0 Å². The van der Waals surface area contributed by atoms with Gasteiger partial charge in [-0.1, -0.05) is 23.7 Å². The van der Waals surface area contributed by atoms with Gasteiger partial charge in [-0.05, 0) is 55.7 Å². The molecule has 0 N–H and O–H groups in total. The minimum Gasteiger partial charge on any atom is -0.435 e. The van der Waals surface area contributed by atoms with Gasteiger partial charge in [0.1, 0.15) is 0 Å². The molecule has 178 valence electrons. The lowest BCUT2D eigenvalue weighted by Crippen LogP contribution is -2.37. The fourth-order valence-electron chi connectivity index (χ4n) is 4.26. The van der Waals surface area contributed by atoms with Crippen LogP contribution in [0.3, 0.4) is 0 Å². The Morgan fingerprint density at radius 2 is 1.68 bits per heavy atom. The van der Waals surface area contributed by atoms with Crippen molar-refractivity contribution in [3.63, 3.8) is 0 Å². The first-order chi connectivity index (χ1) is 16.4. The number of nitrogens with zero attached hydrogens (tertiary/aromatic N) is 4. The first kappa shape index (κ1) is 23.0. The molecule has 2 aliphatic heterocycles. The zero-order valence-corrected chi connectivity index (χ0v) is 20.0. The number of aromatic nitrogens is 2. The quantitative estimate of drug-likeness (QED) is 0.499. The van der Waals surface area contributed by atoms with Gasteiger partial charge < -0.3 is 9.64 Å². The number of hydrogen-bond donors (Lipinski definition) is 0. The predicted octanol–water partition coefficient (Wildman–Crippen LogP) is 4.80. The first-order valence-electron chi connectivity index (χ1n) is 11.2. The third-order valence-electron chi connectivity index (χ3n) is 6.11. The van der Waals surface area contributed by atoms with Gasteiger partial charge in [0.05, 0.1) is 16.2 Å². The SMILES string of the molecule is O=S(=O)(c1ccc(Cl)cc1)N1CCc2nc(N3CCCCC3)nc(Oc3ccccc3F)c2C1. The molecule has 2 aliphatic rings. The number of para-hydroxylation sites is 1. The van der Waals surface area contributed by atoms with Crippen molar-refractivity contribution in [2.24, 2.45) is 0 Å². The lowest BCUT2D eigenvalue weighted by Gasteiger charge is -2.31. The van der Waals surface area contributed by atoms with E-state index >= 15 is 0 Å². The highest BCUT2D eigenvalue weighted by atomic mass is 35.5. The lowest BCUT2D eigenvalue weighted by molar-refractivity contribution is 0.363. The van der Waals surface area contributed by atoms with E-state index in [2.05, 4.69) is 9.88 Å². The van der Waals surface area contributed by atoms with Crippen LogP contribution in [-0.2, 0) is 23.0 Å². The summed E-state index contributed by atoms with van der Waals surface area (Å²) in [6, 6.07) is 12.2. The number of benzene rings is 2. The van der Waals surface area contributed by atoms with E-state index in [9.17, 15) is 12.8 Å². The van der Waals surface area contributed by atoms with E-state index in [0.717, 1.165) is 38.0 Å². The highest BCUT2D eigenvalue weighted by molar-refractivity contribution is 7.89. The maximum atomic E-state index is 14.4. The molecule has 0 aliphatic carbocycles. The zero-order chi connectivity index (χ0) is 23.7. The molecule has 2 aromatic carbocycles. The Morgan fingerprint density at radius 3 is 2.41 bits per heavy atom. The molecule has 0 unspecified atom stereocenters. The van der Waals surface area contributed by atoms with Crippen molar-refractivity contribution in [1.29, 1.82) is 0 Å². The van der Waals surface area contributed by atoms with Crippen molar-refractivity contribution in [2.45, 2.75) is 37.1 Å². The van der Waals surface area contributed by atoms with Gasteiger partial charge in [-0.2, -0.15) is 9.29 Å². The van der Waals surface area contributed by atoms with Gasteiger partial charge in [0.2, 0.25) is 21.9 Å². The molecular formula is C24H24ClFN4O3S. The van der Waals surface area contributed by atoms with Crippen molar-refractivity contribution >= 4 is 27.6 Å². The number of rotatable bonds is 5. The van der Waals surface area contributed by atoms with Gasteiger partial charge in [0.15, 0.2) is 11.6 Å². The van der Waals surface area contributed by atoms with Crippen molar-refractivity contribution < 1.29 is 17.5 Å². The summed E-state index contributed by atoms with van der Waals surface area (Å²) in [6.07, 6.45) is 3.67. The van der Waals surface area contributed by atoms with Crippen LogP contribution in [0, 0.1) is 5.82 Å². The molecule has 3 heterocycles. The van der Waals surface area contributed by atoms with Gasteiger partial charge in [-0.25, -0.2) is 17.8 Å². The minimum atomic E-state index is -3.77. The number of ether oxygens (including phenoxy) is 1. The second-order valence-corrected chi connectivity index (χ2v) is 10.8. The molecule has 34 heavy (non-hydrogen) atoms. The average Bonchev–Trinajstić information content (AvgIpc) is 2.86. The normalized spacial score (nSPS) is 16.8. The standard InChI is InChI=1S/C24H24ClFN4O3S/c25-17-8-10-18(11-9-17)34(31,32)30-15-12-21-19(16-30)23(33-22-7-3-2-6-20(22)26)28-24(27-21)29-13-4-1-5-14-29/h2-3,6-11H,1,4-5,12-16H2. The van der Waals surface area contributed by atoms with Crippen LogP contribution in [0.25, 0.3) is 0 Å². The van der Waals surface area contributed by atoms with Crippen molar-refractivity contribution in [2.75, 3.05) is 24.5 Å². The Labute approximate surface area is 203 Å². The summed E-state index contributed by atoms with van der Waals surface area (Å²) < 4.78 is 48.2. The maximum absolute atomic E-state index is 14.4. The molecule has 10 heteroatoms. The van der Waals surface area contributed by atoms with Crippen LogP contribution in [-0.4, -0.2) is 42.3 Å². The Kier molecular flexibility index (Phi) is 6.42. The summed E-state index contributed by atoms with van der Waals surface area (Å²) in [4.78, 5) is 11.7. The monoisotopic (exact) mass is 502 g/mol. The second kappa shape index (κ2) is 9.48. The molecule has 1 aromatic heterocycles. The van der Waals surface area contributed by atoms with Crippen LogP contribution in [0.15, 0.2) is 53.4 Å². The van der Waals surface area contributed by atoms with Gasteiger partial charge in [-0.15, -0.1) is 0 Å². The topological polar surface area (TPSA) is 75.6 Å². The fourth-order valence-corrected chi connectivity index (χ4v) is 5.79. The van der Waals surface area contributed by atoms with Gasteiger partial charge >= 0.3 is 0 Å². The molecule has 1 saturated heterocycles. The number of piperidine rings is 1. The zero-order valence-electron chi connectivity index (χ0n) is 18.5. The van der Waals surface area contributed by atoms with E-state index in [4.69, 9.17) is 21.3 Å². The van der Waals surface area contributed by atoms with E-state index in [-0.39, 0.29) is 29.6 Å². The van der Waals surface area contributed by atoms with E-state index in [0.29, 0.717) is 23.0 Å². The molecule has 1 fully saturated rings. The number of anilines is 1. The summed E-state index contributed by atoms with van der Waals surface area (Å²) in [5, 5.41) is 0.460. The summed E-state index contributed by atoms with van der Waals surface area (Å²) >= 11 is 5.93. The average molecular weight is 503 g/mol. The molecule has 0 atom stereocenters. The number of hydrogen-bond acceptors (Lipinski definition) is 6. The molecule has 7 nitrogen and oxygen atoms in total. The third-order valence-corrected chi connectivity index (χ3v) is 8.22. The molecule has 0 spiro atoms. The molecule has 0 radical (unpaired) electrons. The maximum Gasteiger partial charge on any atom is 0.243 e. The van der Waals surface area contributed by atoms with Crippen molar-refractivity contribution in [1.82, 2.24) is 14.3 Å². The second-order valence-electron chi connectivity index (χ2n) is 8.38. The van der Waals surface area contributed by atoms with Gasteiger partial charge in [0, 0.05) is 37.6 Å². The van der Waals surface area contributed by atoms with E-state index in [1.54, 1.807) is 24.3 Å². The van der Waals surface area contributed by atoms with Crippen LogP contribution in [0.1, 0.15) is 30.5 Å². The smallest absolute Gasteiger partial charge is 0.243 e. The molecule has 5 rings (SSSR count). The van der Waals surface area contributed by atoms with Crippen molar-refractivity contribution in [3.8, 4) is 11.6 Å².